The Morgan fingerprint density at radius 3 is 2.81 bits per heavy atom. The van der Waals surface area contributed by atoms with Crippen molar-refractivity contribution >= 4 is 77.5 Å². The maximum absolute atomic E-state index is 12.2. The van der Waals surface area contributed by atoms with Gasteiger partial charge in [-0.3, -0.25) is 4.79 Å². The van der Waals surface area contributed by atoms with Gasteiger partial charge in [0.2, 0.25) is 0 Å². The van der Waals surface area contributed by atoms with Crippen molar-refractivity contribution in [3.05, 3.63) is 54.2 Å². The Labute approximate surface area is 179 Å². The fourth-order valence-electron chi connectivity index (χ4n) is 2.23. The molecule has 1 heterocycles. The topological polar surface area (TPSA) is 84.1 Å². The molecule has 0 aliphatic carbocycles. The van der Waals surface area contributed by atoms with Crippen LogP contribution in [0.5, 0.6) is 11.5 Å². The van der Waals surface area contributed by atoms with Gasteiger partial charge in [-0.2, -0.15) is 5.10 Å². The molecule has 0 saturated carbocycles. The number of amides is 1. The van der Waals surface area contributed by atoms with Crippen molar-refractivity contribution in [1.82, 2.24) is 5.43 Å². The summed E-state index contributed by atoms with van der Waals surface area (Å²) in [5.41, 5.74) is 3.67. The Morgan fingerprint density at radius 1 is 1.31 bits per heavy atom. The molecule has 1 amide bonds. The number of halogens is 3. The number of hydrazone groups is 1. The lowest BCUT2D eigenvalue weighted by atomic mass is 10.2. The fourth-order valence-corrected chi connectivity index (χ4v) is 4.20. The number of hydrogen-bond acceptors (Lipinski definition) is 5. The number of aromatic hydroxyl groups is 1. The van der Waals surface area contributed by atoms with Crippen molar-refractivity contribution in [1.29, 1.82) is 0 Å². The summed E-state index contributed by atoms with van der Waals surface area (Å²) in [6, 6.07) is 8.66. The number of rotatable bonds is 4. The van der Waals surface area contributed by atoms with Gasteiger partial charge in [-0.1, -0.05) is 15.9 Å². The highest BCUT2D eigenvalue weighted by Gasteiger charge is 2.14. The van der Waals surface area contributed by atoms with Gasteiger partial charge >= 0.3 is 5.91 Å². The molecule has 0 spiro atoms. The quantitative estimate of drug-likeness (QED) is 0.252. The zero-order valence-corrected chi connectivity index (χ0v) is 18.5. The Bertz CT molecular complexity index is 1030. The average molecular weight is 594 g/mol. The molecule has 6 nitrogen and oxygen atoms in total. The van der Waals surface area contributed by atoms with Crippen molar-refractivity contribution < 1.29 is 19.1 Å². The van der Waals surface area contributed by atoms with Crippen LogP contribution in [-0.2, 0) is 0 Å². The largest absolute Gasteiger partial charge is 0.504 e. The molecule has 2 aromatic carbocycles. The number of ether oxygens (including phenoxy) is 1. The van der Waals surface area contributed by atoms with Gasteiger partial charge in [0.1, 0.15) is 5.58 Å². The number of phenols is 1. The van der Waals surface area contributed by atoms with Crippen LogP contribution in [0.25, 0.3) is 11.0 Å². The predicted octanol–water partition coefficient (Wildman–Crippen LogP) is 5.04. The van der Waals surface area contributed by atoms with Gasteiger partial charge in [-0.25, -0.2) is 5.43 Å². The number of phenolic OH excluding ortho intramolecular Hbond substituents is 1. The highest BCUT2D eigenvalue weighted by molar-refractivity contribution is 14.1. The summed E-state index contributed by atoms with van der Waals surface area (Å²) in [6.45, 7) is 0. The normalized spacial score (nSPS) is 11.2. The summed E-state index contributed by atoms with van der Waals surface area (Å²) in [7, 11) is 1.46. The van der Waals surface area contributed by atoms with Crippen LogP contribution in [0.15, 0.2) is 48.8 Å². The van der Waals surface area contributed by atoms with E-state index in [1.165, 1.54) is 13.3 Å². The first-order valence-corrected chi connectivity index (χ1v) is 9.84. The second-order valence-electron chi connectivity index (χ2n) is 5.17. The predicted molar refractivity (Wildman–Crippen MR) is 114 cm³/mol. The number of nitrogens with zero attached hydrogens (tertiary/aromatic N) is 1. The monoisotopic (exact) mass is 592 g/mol. The van der Waals surface area contributed by atoms with E-state index in [0.29, 0.717) is 20.5 Å². The molecule has 0 aliphatic rings. The Morgan fingerprint density at radius 2 is 2.08 bits per heavy atom. The van der Waals surface area contributed by atoms with Gasteiger partial charge in [0.15, 0.2) is 17.3 Å². The molecule has 0 radical (unpaired) electrons. The Hall–Kier alpha value is -1.59. The molecule has 0 unspecified atom stereocenters. The van der Waals surface area contributed by atoms with Crippen LogP contribution < -0.4 is 10.2 Å². The number of hydrogen-bond donors (Lipinski definition) is 2. The highest BCUT2D eigenvalue weighted by atomic mass is 127. The van der Waals surface area contributed by atoms with E-state index in [-0.39, 0.29) is 11.5 Å². The second-order valence-corrected chi connectivity index (χ2v) is 8.10. The summed E-state index contributed by atoms with van der Waals surface area (Å²) in [5.74, 6) is 0.0698. The van der Waals surface area contributed by atoms with Crippen LogP contribution in [-0.4, -0.2) is 24.3 Å². The average Bonchev–Trinajstić information content (AvgIpc) is 3.02. The molecule has 1 aromatic heterocycles. The van der Waals surface area contributed by atoms with Gasteiger partial charge < -0.3 is 14.3 Å². The molecule has 26 heavy (non-hydrogen) atoms. The minimum atomic E-state index is -0.471. The maximum atomic E-state index is 12.2. The first-order valence-electron chi connectivity index (χ1n) is 7.17. The molecule has 3 rings (SSSR count). The van der Waals surface area contributed by atoms with Crippen LogP contribution in [0.3, 0.4) is 0 Å². The van der Waals surface area contributed by atoms with E-state index < -0.39 is 5.91 Å². The lowest BCUT2D eigenvalue weighted by Crippen LogP contribution is -2.16. The fraction of sp³-hybridized carbons (Fsp3) is 0.0588. The zero-order valence-electron chi connectivity index (χ0n) is 13.2. The Balaban J connectivity index is 1.78. The van der Waals surface area contributed by atoms with Crippen LogP contribution in [0.2, 0.25) is 0 Å². The van der Waals surface area contributed by atoms with E-state index in [2.05, 4.69) is 42.4 Å². The number of benzene rings is 2. The molecule has 0 fully saturated rings. The van der Waals surface area contributed by atoms with Crippen molar-refractivity contribution in [2.24, 2.45) is 5.10 Å². The summed E-state index contributed by atoms with van der Waals surface area (Å²) >= 11 is 8.78. The molecule has 134 valence electrons. The molecular weight excluding hydrogens is 583 g/mol. The number of carbonyl (C=O) groups excluding carboxylic acids is 1. The van der Waals surface area contributed by atoms with E-state index >= 15 is 0 Å². The molecule has 3 aromatic rings. The Kier molecular flexibility index (Phi) is 5.88. The molecular formula is C17H11Br2IN2O4. The molecule has 0 aliphatic heterocycles. The number of nitrogens with one attached hydrogen (secondary N) is 1. The molecule has 0 atom stereocenters. The summed E-state index contributed by atoms with van der Waals surface area (Å²) < 4.78 is 12.9. The zero-order chi connectivity index (χ0) is 18.8. The summed E-state index contributed by atoms with van der Waals surface area (Å²) in [6.07, 6.45) is 1.46. The first kappa shape index (κ1) is 19.2. The third-order valence-corrected chi connectivity index (χ3v) is 5.28. The van der Waals surface area contributed by atoms with Crippen molar-refractivity contribution in [3.63, 3.8) is 0 Å². The third-order valence-electron chi connectivity index (χ3n) is 3.41. The van der Waals surface area contributed by atoms with Crippen LogP contribution >= 0.6 is 54.5 Å². The minimum Gasteiger partial charge on any atom is -0.504 e. The van der Waals surface area contributed by atoms with Gasteiger partial charge in [-0.05, 0) is 74.4 Å². The van der Waals surface area contributed by atoms with Gasteiger partial charge in [0, 0.05) is 9.86 Å². The molecule has 9 heteroatoms. The lowest BCUT2D eigenvalue weighted by Gasteiger charge is -2.06. The van der Waals surface area contributed by atoms with E-state index in [1.807, 2.05) is 34.7 Å². The maximum Gasteiger partial charge on any atom is 0.307 e. The highest BCUT2D eigenvalue weighted by Crippen LogP contribution is 2.32. The van der Waals surface area contributed by atoms with Gasteiger partial charge in [0.05, 0.1) is 21.4 Å². The molecule has 0 bridgehead atoms. The van der Waals surface area contributed by atoms with Crippen LogP contribution in [0.1, 0.15) is 16.1 Å². The van der Waals surface area contributed by atoms with Gasteiger partial charge in [0.25, 0.3) is 0 Å². The molecule has 2 N–H and O–H groups in total. The summed E-state index contributed by atoms with van der Waals surface area (Å²) in [5, 5.41) is 14.5. The number of carbonyl (C=O) groups is 1. The van der Waals surface area contributed by atoms with E-state index in [9.17, 15) is 9.90 Å². The first-order chi connectivity index (χ1) is 12.4. The van der Waals surface area contributed by atoms with Gasteiger partial charge in [-0.15, -0.1) is 0 Å². The van der Waals surface area contributed by atoms with Crippen molar-refractivity contribution in [3.8, 4) is 11.5 Å². The lowest BCUT2D eigenvalue weighted by molar-refractivity contribution is 0.0929. The van der Waals surface area contributed by atoms with Crippen molar-refractivity contribution in [2.75, 3.05) is 7.11 Å². The van der Waals surface area contributed by atoms with E-state index in [4.69, 9.17) is 9.15 Å². The summed E-state index contributed by atoms with van der Waals surface area (Å²) in [4.78, 5) is 12.2. The van der Waals surface area contributed by atoms with Crippen LogP contribution in [0, 0.1) is 3.57 Å². The van der Waals surface area contributed by atoms with Crippen molar-refractivity contribution in [2.45, 2.75) is 0 Å². The third kappa shape index (κ3) is 4.04. The minimum absolute atomic E-state index is 0.0632. The number of furan rings is 1. The van der Waals surface area contributed by atoms with E-state index in [0.717, 1.165) is 14.3 Å². The second kappa shape index (κ2) is 7.97. The molecule has 0 saturated heterocycles. The number of fused-ring (bicyclic) bond motifs is 1. The van der Waals surface area contributed by atoms with E-state index in [1.54, 1.807) is 18.2 Å². The van der Waals surface area contributed by atoms with Crippen LogP contribution in [0.4, 0.5) is 0 Å². The number of methoxy groups -OCH3 is 1. The smallest absolute Gasteiger partial charge is 0.307 e. The SMILES string of the molecule is COc1cc(/C=N\NC(=O)c2cc3cc(Br)cc(Br)c3o2)cc(I)c1O. The standard InChI is InChI=1S/C17H11Br2IN2O4/c1-25-13-3-8(2-12(20)15(13)23)7-21-22-17(24)14-5-9-4-10(18)6-11(19)16(9)26-14/h2-7,23H,1H3,(H,22,24)/b21-7-.